The minimum Gasteiger partial charge on any atom is -0.480 e. The second-order valence-corrected chi connectivity index (χ2v) is 3.58. The van der Waals surface area contributed by atoms with E-state index in [1.165, 1.54) is 0 Å². The van der Waals surface area contributed by atoms with E-state index in [9.17, 15) is 9.59 Å². The minimum atomic E-state index is -1.05. The first-order valence-electron chi connectivity index (χ1n) is 5.45. The van der Waals surface area contributed by atoms with E-state index in [0.29, 0.717) is 5.75 Å². The Morgan fingerprint density at radius 1 is 1.33 bits per heavy atom. The van der Waals surface area contributed by atoms with Crippen LogP contribution in [0.25, 0.3) is 0 Å². The third-order valence-corrected chi connectivity index (χ3v) is 2.16. The highest BCUT2D eigenvalue weighted by Crippen LogP contribution is 2.13. The molecule has 0 bridgehead atoms. The third-order valence-electron chi connectivity index (χ3n) is 2.16. The molecule has 6 heteroatoms. The SMILES string of the molecule is CCOC(=O)Oc1ccc(CC(N)C(=O)O)cc1. The van der Waals surface area contributed by atoms with Crippen molar-refractivity contribution in [3.8, 4) is 5.75 Å². The second-order valence-electron chi connectivity index (χ2n) is 3.58. The maximum atomic E-state index is 11.0. The van der Waals surface area contributed by atoms with Gasteiger partial charge in [-0.1, -0.05) is 12.1 Å². The van der Waals surface area contributed by atoms with Gasteiger partial charge in [0, 0.05) is 0 Å². The van der Waals surface area contributed by atoms with Crippen molar-refractivity contribution < 1.29 is 24.2 Å². The number of hydrogen-bond donors (Lipinski definition) is 2. The lowest BCUT2D eigenvalue weighted by Crippen LogP contribution is -2.32. The Hall–Kier alpha value is -2.08. The number of carbonyl (C=O) groups is 2. The van der Waals surface area contributed by atoms with Gasteiger partial charge < -0.3 is 20.3 Å². The van der Waals surface area contributed by atoms with Crippen LogP contribution < -0.4 is 10.5 Å². The van der Waals surface area contributed by atoms with E-state index in [2.05, 4.69) is 4.74 Å². The molecule has 0 radical (unpaired) electrons. The van der Waals surface area contributed by atoms with Crippen molar-refractivity contribution in [3.63, 3.8) is 0 Å². The van der Waals surface area contributed by atoms with Gasteiger partial charge in [-0.3, -0.25) is 4.79 Å². The first-order chi connectivity index (χ1) is 8.52. The van der Waals surface area contributed by atoms with Crippen LogP contribution in [0.15, 0.2) is 24.3 Å². The first kappa shape index (κ1) is 14.0. The van der Waals surface area contributed by atoms with Gasteiger partial charge in [-0.25, -0.2) is 4.79 Å². The quantitative estimate of drug-likeness (QED) is 0.603. The number of ether oxygens (including phenoxy) is 2. The Morgan fingerprint density at radius 3 is 2.44 bits per heavy atom. The van der Waals surface area contributed by atoms with Gasteiger partial charge in [-0.2, -0.15) is 0 Å². The fourth-order valence-electron chi connectivity index (χ4n) is 1.28. The molecule has 1 atom stereocenters. The van der Waals surface area contributed by atoms with Crippen LogP contribution in [-0.2, 0) is 16.0 Å². The topological polar surface area (TPSA) is 98.9 Å². The molecule has 98 valence electrons. The maximum Gasteiger partial charge on any atom is 0.513 e. The summed E-state index contributed by atoms with van der Waals surface area (Å²) in [6.07, 6.45) is -0.554. The van der Waals surface area contributed by atoms with E-state index in [0.717, 1.165) is 5.56 Å². The van der Waals surface area contributed by atoms with Gasteiger partial charge in [0.15, 0.2) is 0 Å². The summed E-state index contributed by atoms with van der Waals surface area (Å²) in [7, 11) is 0. The normalized spacial score (nSPS) is 11.7. The number of benzene rings is 1. The van der Waals surface area contributed by atoms with E-state index < -0.39 is 18.2 Å². The molecular formula is C12H15NO5. The van der Waals surface area contributed by atoms with Crippen LogP contribution >= 0.6 is 0 Å². The summed E-state index contributed by atoms with van der Waals surface area (Å²) in [5.74, 6) is -0.719. The monoisotopic (exact) mass is 253 g/mol. The van der Waals surface area contributed by atoms with Crippen molar-refractivity contribution in [3.05, 3.63) is 29.8 Å². The molecule has 18 heavy (non-hydrogen) atoms. The molecule has 6 nitrogen and oxygen atoms in total. The smallest absolute Gasteiger partial charge is 0.480 e. The number of nitrogens with two attached hydrogens (primary N) is 1. The molecule has 0 spiro atoms. The summed E-state index contributed by atoms with van der Waals surface area (Å²) in [5.41, 5.74) is 6.15. The summed E-state index contributed by atoms with van der Waals surface area (Å²) < 4.78 is 9.47. The Kier molecular flexibility index (Phi) is 5.13. The average molecular weight is 253 g/mol. The van der Waals surface area contributed by atoms with Gasteiger partial charge in [-0.15, -0.1) is 0 Å². The fraction of sp³-hybridized carbons (Fsp3) is 0.333. The largest absolute Gasteiger partial charge is 0.513 e. The minimum absolute atomic E-state index is 0.217. The molecule has 0 aliphatic heterocycles. The van der Waals surface area contributed by atoms with Gasteiger partial charge in [-0.05, 0) is 31.0 Å². The fourth-order valence-corrected chi connectivity index (χ4v) is 1.28. The van der Waals surface area contributed by atoms with Crippen molar-refractivity contribution in [1.82, 2.24) is 0 Å². The van der Waals surface area contributed by atoms with Crippen molar-refractivity contribution in [2.45, 2.75) is 19.4 Å². The zero-order valence-corrected chi connectivity index (χ0v) is 9.96. The molecule has 0 saturated heterocycles. The van der Waals surface area contributed by atoms with Gasteiger partial charge in [0.2, 0.25) is 0 Å². The molecule has 0 amide bonds. The zero-order valence-electron chi connectivity index (χ0n) is 9.96. The molecule has 1 unspecified atom stereocenters. The molecule has 1 aromatic rings. The Bertz CT molecular complexity index is 415. The predicted octanol–water partition coefficient (Wildman–Crippen LogP) is 1.18. The van der Waals surface area contributed by atoms with Crippen LogP contribution in [0.5, 0.6) is 5.75 Å². The molecule has 0 aliphatic rings. The lowest BCUT2D eigenvalue weighted by molar-refractivity contribution is -0.138. The number of rotatable bonds is 5. The summed E-state index contributed by atoms with van der Waals surface area (Å²) in [6.45, 7) is 1.92. The van der Waals surface area contributed by atoms with E-state index in [1.807, 2.05) is 0 Å². The molecule has 1 aromatic carbocycles. The number of carbonyl (C=O) groups excluding carboxylic acids is 1. The van der Waals surface area contributed by atoms with Crippen molar-refractivity contribution in [2.75, 3.05) is 6.61 Å². The van der Waals surface area contributed by atoms with Gasteiger partial charge in [0.05, 0.1) is 6.61 Å². The summed E-state index contributed by atoms with van der Waals surface area (Å²) in [5, 5.41) is 8.67. The van der Waals surface area contributed by atoms with Crippen LogP contribution in [0.1, 0.15) is 12.5 Å². The van der Waals surface area contributed by atoms with Gasteiger partial charge in [0.25, 0.3) is 0 Å². The van der Waals surface area contributed by atoms with Gasteiger partial charge in [0.1, 0.15) is 11.8 Å². The number of carboxylic acids is 1. The van der Waals surface area contributed by atoms with E-state index >= 15 is 0 Å². The molecule has 0 saturated carbocycles. The molecule has 0 aliphatic carbocycles. The first-order valence-corrected chi connectivity index (χ1v) is 5.45. The third kappa shape index (κ3) is 4.42. The van der Waals surface area contributed by atoms with E-state index in [4.69, 9.17) is 15.6 Å². The number of carboxylic acid groups (broad SMARTS) is 1. The Labute approximate surface area is 104 Å². The van der Waals surface area contributed by atoms with Crippen LogP contribution in [-0.4, -0.2) is 29.9 Å². The van der Waals surface area contributed by atoms with E-state index in [1.54, 1.807) is 31.2 Å². The second kappa shape index (κ2) is 6.61. The molecule has 0 fully saturated rings. The number of hydrogen-bond acceptors (Lipinski definition) is 5. The van der Waals surface area contributed by atoms with Crippen LogP contribution in [0.3, 0.4) is 0 Å². The highest BCUT2D eigenvalue weighted by molar-refractivity contribution is 5.73. The lowest BCUT2D eigenvalue weighted by Gasteiger charge is -2.07. The summed E-state index contributed by atoms with van der Waals surface area (Å²) >= 11 is 0. The summed E-state index contributed by atoms with van der Waals surface area (Å²) in [4.78, 5) is 21.6. The van der Waals surface area contributed by atoms with Crippen molar-refractivity contribution in [2.24, 2.45) is 5.73 Å². The standard InChI is InChI=1S/C12H15NO5/c1-2-17-12(16)18-9-5-3-8(4-6-9)7-10(13)11(14)15/h3-6,10H,2,7,13H2,1H3,(H,14,15). The van der Waals surface area contributed by atoms with E-state index in [-0.39, 0.29) is 13.0 Å². The average Bonchev–Trinajstić information content (AvgIpc) is 2.31. The lowest BCUT2D eigenvalue weighted by atomic mass is 10.1. The van der Waals surface area contributed by atoms with Crippen LogP contribution in [0, 0.1) is 0 Å². The summed E-state index contributed by atoms with van der Waals surface area (Å²) in [6, 6.07) is 5.47. The van der Waals surface area contributed by atoms with Crippen LogP contribution in [0.2, 0.25) is 0 Å². The van der Waals surface area contributed by atoms with Gasteiger partial charge >= 0.3 is 12.1 Å². The highest BCUT2D eigenvalue weighted by Gasteiger charge is 2.12. The molecule has 3 N–H and O–H groups in total. The highest BCUT2D eigenvalue weighted by atomic mass is 16.7. The number of aliphatic carboxylic acids is 1. The Morgan fingerprint density at radius 2 is 1.94 bits per heavy atom. The molecular weight excluding hydrogens is 238 g/mol. The molecule has 0 aromatic heterocycles. The van der Waals surface area contributed by atoms with Crippen molar-refractivity contribution in [1.29, 1.82) is 0 Å². The zero-order chi connectivity index (χ0) is 13.5. The van der Waals surface area contributed by atoms with Crippen LogP contribution in [0.4, 0.5) is 4.79 Å². The molecule has 1 rings (SSSR count). The Balaban J connectivity index is 2.57. The van der Waals surface area contributed by atoms with Crippen molar-refractivity contribution >= 4 is 12.1 Å². The predicted molar refractivity (Wildman–Crippen MR) is 63.4 cm³/mol. The molecule has 0 heterocycles. The maximum absolute atomic E-state index is 11.0.